The van der Waals surface area contributed by atoms with Gasteiger partial charge in [0.2, 0.25) is 10.0 Å². The first-order valence-corrected chi connectivity index (χ1v) is 11.0. The summed E-state index contributed by atoms with van der Waals surface area (Å²) in [7, 11) is -3.70. The molecule has 0 saturated carbocycles. The average Bonchev–Trinajstić information content (AvgIpc) is 3.25. The number of anilines is 1. The van der Waals surface area contributed by atoms with Crippen LogP contribution in [0.5, 0.6) is 5.75 Å². The number of ether oxygens (including phenoxy) is 1. The number of benzene rings is 2. The first kappa shape index (κ1) is 21.6. The van der Waals surface area contributed by atoms with Crippen molar-refractivity contribution < 1.29 is 22.4 Å². The lowest BCUT2D eigenvalue weighted by Gasteiger charge is -2.13. The van der Waals surface area contributed by atoms with Crippen molar-refractivity contribution in [1.82, 2.24) is 4.72 Å². The third-order valence-electron chi connectivity index (χ3n) is 4.14. The predicted molar refractivity (Wildman–Crippen MR) is 114 cm³/mol. The summed E-state index contributed by atoms with van der Waals surface area (Å²) in [6.07, 6.45) is 1.48. The number of sulfonamides is 1. The predicted octanol–water partition coefficient (Wildman–Crippen LogP) is 4.05. The molecular formula is C22H24N2O5S. The van der Waals surface area contributed by atoms with Crippen LogP contribution < -0.4 is 14.8 Å². The fourth-order valence-electron chi connectivity index (χ4n) is 2.62. The fourth-order valence-corrected chi connectivity index (χ4v) is 3.61. The maximum absolute atomic E-state index is 12.7. The number of carbonyl (C=O) groups is 1. The molecule has 0 radical (unpaired) electrons. The molecule has 2 N–H and O–H groups in total. The zero-order valence-electron chi connectivity index (χ0n) is 16.8. The zero-order chi connectivity index (χ0) is 21.6. The Morgan fingerprint density at radius 2 is 1.77 bits per heavy atom. The molecule has 0 aliphatic carbocycles. The highest BCUT2D eigenvalue weighted by molar-refractivity contribution is 7.89. The van der Waals surface area contributed by atoms with E-state index in [0.29, 0.717) is 35.3 Å². The van der Waals surface area contributed by atoms with E-state index in [1.54, 1.807) is 30.3 Å². The topological polar surface area (TPSA) is 97.6 Å². The van der Waals surface area contributed by atoms with E-state index in [-0.39, 0.29) is 17.3 Å². The molecule has 0 unspecified atom stereocenters. The van der Waals surface area contributed by atoms with Crippen LogP contribution in [0.2, 0.25) is 0 Å². The minimum atomic E-state index is -3.70. The molecule has 3 aromatic rings. The first-order valence-electron chi connectivity index (χ1n) is 9.50. The molecule has 8 heteroatoms. The maximum Gasteiger partial charge on any atom is 0.259 e. The van der Waals surface area contributed by atoms with E-state index in [4.69, 9.17) is 9.15 Å². The number of amides is 1. The van der Waals surface area contributed by atoms with Crippen molar-refractivity contribution in [3.63, 3.8) is 0 Å². The standard InChI is InChI=1S/C22H24N2O5S/c1-16(2)15-29-21-8-4-3-7-20(21)22(25)24-17-9-11-19(12-10-17)30(26,27)23-14-18-6-5-13-28-18/h3-13,16,23H,14-15H2,1-2H3,(H,24,25). The van der Waals surface area contributed by atoms with Crippen LogP contribution in [0.15, 0.2) is 76.2 Å². The van der Waals surface area contributed by atoms with Crippen LogP contribution in [0.3, 0.4) is 0 Å². The van der Waals surface area contributed by atoms with Gasteiger partial charge in [0.25, 0.3) is 5.91 Å². The molecule has 0 saturated heterocycles. The lowest BCUT2D eigenvalue weighted by Crippen LogP contribution is -2.23. The van der Waals surface area contributed by atoms with Gasteiger partial charge in [0.1, 0.15) is 11.5 Å². The molecule has 30 heavy (non-hydrogen) atoms. The molecule has 0 atom stereocenters. The van der Waals surface area contributed by atoms with Gasteiger partial charge in [-0.3, -0.25) is 4.79 Å². The first-order chi connectivity index (χ1) is 14.3. The molecule has 7 nitrogen and oxygen atoms in total. The number of carbonyl (C=O) groups excluding carboxylic acids is 1. The third kappa shape index (κ3) is 5.71. The molecule has 0 aliphatic heterocycles. The molecule has 1 aromatic heterocycles. The van der Waals surface area contributed by atoms with E-state index >= 15 is 0 Å². The maximum atomic E-state index is 12.7. The van der Waals surface area contributed by atoms with Crippen molar-refractivity contribution >= 4 is 21.6 Å². The van der Waals surface area contributed by atoms with E-state index < -0.39 is 10.0 Å². The van der Waals surface area contributed by atoms with Gasteiger partial charge in [-0.1, -0.05) is 26.0 Å². The SMILES string of the molecule is CC(C)COc1ccccc1C(=O)Nc1ccc(S(=O)(=O)NCc2ccco2)cc1. The average molecular weight is 429 g/mol. The fraction of sp³-hybridized carbons (Fsp3) is 0.227. The Kier molecular flexibility index (Phi) is 6.91. The van der Waals surface area contributed by atoms with E-state index in [1.165, 1.54) is 30.5 Å². The highest BCUT2D eigenvalue weighted by Gasteiger charge is 2.16. The van der Waals surface area contributed by atoms with E-state index in [0.717, 1.165) is 0 Å². The molecular weight excluding hydrogens is 404 g/mol. The van der Waals surface area contributed by atoms with Gasteiger partial charge in [0.15, 0.2) is 0 Å². The Labute approximate surface area is 176 Å². The Morgan fingerprint density at radius 1 is 1.03 bits per heavy atom. The Bertz CT molecular complexity index is 1070. The number of rotatable bonds is 9. The summed E-state index contributed by atoms with van der Waals surface area (Å²) < 4.78 is 38.1. The number of para-hydroxylation sites is 1. The summed E-state index contributed by atoms with van der Waals surface area (Å²) >= 11 is 0. The monoisotopic (exact) mass is 428 g/mol. The largest absolute Gasteiger partial charge is 0.492 e. The smallest absolute Gasteiger partial charge is 0.259 e. The second-order valence-electron chi connectivity index (χ2n) is 7.08. The van der Waals surface area contributed by atoms with Crippen LogP contribution in [-0.4, -0.2) is 20.9 Å². The molecule has 1 amide bonds. The van der Waals surface area contributed by atoms with Crippen LogP contribution >= 0.6 is 0 Å². The summed E-state index contributed by atoms with van der Waals surface area (Å²) in [5.74, 6) is 1.02. The van der Waals surface area contributed by atoms with E-state index in [1.807, 2.05) is 19.9 Å². The summed E-state index contributed by atoms with van der Waals surface area (Å²) in [5, 5.41) is 2.77. The van der Waals surface area contributed by atoms with Crippen molar-refractivity contribution in [3.8, 4) is 5.75 Å². The Hall–Kier alpha value is -3.10. The minimum absolute atomic E-state index is 0.0565. The van der Waals surface area contributed by atoms with Gasteiger partial charge in [0.05, 0.1) is 29.9 Å². The van der Waals surface area contributed by atoms with Gasteiger partial charge in [-0.25, -0.2) is 13.1 Å². The highest BCUT2D eigenvalue weighted by atomic mass is 32.2. The normalized spacial score (nSPS) is 11.4. The number of furan rings is 1. The van der Waals surface area contributed by atoms with E-state index in [9.17, 15) is 13.2 Å². The third-order valence-corrected chi connectivity index (χ3v) is 5.56. The van der Waals surface area contributed by atoms with Gasteiger partial charge < -0.3 is 14.5 Å². The van der Waals surface area contributed by atoms with Crippen LogP contribution in [0.1, 0.15) is 30.0 Å². The van der Waals surface area contributed by atoms with Crippen molar-refractivity contribution in [3.05, 3.63) is 78.3 Å². The minimum Gasteiger partial charge on any atom is -0.492 e. The number of nitrogens with one attached hydrogen (secondary N) is 2. The van der Waals surface area contributed by atoms with Crippen LogP contribution in [0, 0.1) is 5.92 Å². The van der Waals surface area contributed by atoms with Crippen molar-refractivity contribution in [1.29, 1.82) is 0 Å². The lowest BCUT2D eigenvalue weighted by molar-refractivity contribution is 0.102. The van der Waals surface area contributed by atoms with Gasteiger partial charge in [0, 0.05) is 5.69 Å². The Morgan fingerprint density at radius 3 is 2.43 bits per heavy atom. The molecule has 3 rings (SSSR count). The number of hydrogen-bond acceptors (Lipinski definition) is 5. The van der Waals surface area contributed by atoms with Gasteiger partial charge in [-0.15, -0.1) is 0 Å². The molecule has 2 aromatic carbocycles. The number of hydrogen-bond donors (Lipinski definition) is 2. The van der Waals surface area contributed by atoms with Crippen LogP contribution in [0.4, 0.5) is 5.69 Å². The molecule has 0 fully saturated rings. The summed E-state index contributed by atoms with van der Waals surface area (Å²) in [5.41, 5.74) is 0.888. The molecule has 0 bridgehead atoms. The van der Waals surface area contributed by atoms with E-state index in [2.05, 4.69) is 10.0 Å². The van der Waals surface area contributed by atoms with Crippen LogP contribution in [-0.2, 0) is 16.6 Å². The molecule has 158 valence electrons. The zero-order valence-corrected chi connectivity index (χ0v) is 17.6. The van der Waals surface area contributed by atoms with Gasteiger partial charge in [-0.2, -0.15) is 0 Å². The second kappa shape index (κ2) is 9.60. The summed E-state index contributed by atoms with van der Waals surface area (Å²) in [6, 6.07) is 16.3. The van der Waals surface area contributed by atoms with Crippen molar-refractivity contribution in [2.75, 3.05) is 11.9 Å². The molecule has 0 spiro atoms. The van der Waals surface area contributed by atoms with Crippen molar-refractivity contribution in [2.24, 2.45) is 5.92 Å². The lowest BCUT2D eigenvalue weighted by atomic mass is 10.1. The summed E-state index contributed by atoms with van der Waals surface area (Å²) in [4.78, 5) is 12.8. The quantitative estimate of drug-likeness (QED) is 0.536. The highest BCUT2D eigenvalue weighted by Crippen LogP contribution is 2.21. The van der Waals surface area contributed by atoms with Crippen LogP contribution in [0.25, 0.3) is 0 Å². The Balaban J connectivity index is 1.66. The molecule has 1 heterocycles. The summed E-state index contributed by atoms with van der Waals surface area (Å²) in [6.45, 7) is 4.62. The van der Waals surface area contributed by atoms with Gasteiger partial charge >= 0.3 is 0 Å². The van der Waals surface area contributed by atoms with Crippen molar-refractivity contribution in [2.45, 2.75) is 25.3 Å². The second-order valence-corrected chi connectivity index (χ2v) is 8.85. The van der Waals surface area contributed by atoms with Gasteiger partial charge in [-0.05, 0) is 54.4 Å². The molecule has 0 aliphatic rings.